The number of nitrogens with two attached hydrogens (primary N) is 1. The van der Waals surface area contributed by atoms with Crippen molar-refractivity contribution >= 4 is 0 Å². The average Bonchev–Trinajstić information content (AvgIpc) is 2.47. The summed E-state index contributed by atoms with van der Waals surface area (Å²) >= 11 is 0. The summed E-state index contributed by atoms with van der Waals surface area (Å²) in [5.41, 5.74) is 9.64. The summed E-state index contributed by atoms with van der Waals surface area (Å²) in [6.07, 6.45) is 1.77. The minimum Gasteiger partial charge on any atom is -0.496 e. The van der Waals surface area contributed by atoms with E-state index in [0.29, 0.717) is 6.61 Å². The van der Waals surface area contributed by atoms with Crippen molar-refractivity contribution in [3.63, 3.8) is 0 Å². The normalized spacial score (nSPS) is 13.3. The molecule has 1 aromatic carbocycles. The van der Waals surface area contributed by atoms with Gasteiger partial charge in [-0.15, -0.1) is 0 Å². The fraction of sp³-hybridized carbons (Fsp3) is 0.647. The molecular weight excluding hydrogens is 250 g/mol. The van der Waals surface area contributed by atoms with E-state index < -0.39 is 0 Å². The molecule has 1 rings (SSSR count). The number of hydrogen-bond acceptors (Lipinski definition) is 3. The van der Waals surface area contributed by atoms with Crippen LogP contribution in [-0.2, 0) is 4.74 Å². The third-order valence-electron chi connectivity index (χ3n) is 4.44. The highest BCUT2D eigenvalue weighted by molar-refractivity contribution is 5.47. The van der Waals surface area contributed by atoms with Crippen LogP contribution in [0.15, 0.2) is 12.1 Å². The van der Waals surface area contributed by atoms with Crippen LogP contribution >= 0.6 is 0 Å². The van der Waals surface area contributed by atoms with Gasteiger partial charge in [0.25, 0.3) is 0 Å². The number of aryl methyl sites for hydroxylation is 1. The van der Waals surface area contributed by atoms with Crippen molar-refractivity contribution in [3.8, 4) is 5.75 Å². The average molecular weight is 279 g/mol. The third-order valence-corrected chi connectivity index (χ3v) is 4.44. The molecule has 114 valence electrons. The highest BCUT2D eigenvalue weighted by atomic mass is 16.5. The van der Waals surface area contributed by atoms with Gasteiger partial charge in [0, 0.05) is 12.2 Å². The first kappa shape index (κ1) is 17.0. The van der Waals surface area contributed by atoms with Crippen LogP contribution in [0.1, 0.15) is 56.3 Å². The molecule has 0 heterocycles. The standard InChI is InChI=1S/C17H29NO2/c1-7-17(8-2,20-9-3)16(18)14-11-10-12(4)13(5)15(14)19-6/h10-11,16H,7-9,18H2,1-6H3. The summed E-state index contributed by atoms with van der Waals surface area (Å²) in [7, 11) is 1.71. The van der Waals surface area contributed by atoms with Gasteiger partial charge in [0.1, 0.15) is 5.75 Å². The summed E-state index contributed by atoms with van der Waals surface area (Å²) in [5, 5.41) is 0. The molecule has 1 atom stereocenters. The molecule has 0 bridgehead atoms. The van der Waals surface area contributed by atoms with Gasteiger partial charge in [-0.25, -0.2) is 0 Å². The Kier molecular flexibility index (Phi) is 6.03. The maximum absolute atomic E-state index is 6.57. The van der Waals surface area contributed by atoms with Crippen molar-refractivity contribution in [1.29, 1.82) is 0 Å². The van der Waals surface area contributed by atoms with Crippen LogP contribution in [0.5, 0.6) is 5.75 Å². The lowest BCUT2D eigenvalue weighted by Crippen LogP contribution is -2.43. The van der Waals surface area contributed by atoms with Gasteiger partial charge >= 0.3 is 0 Å². The largest absolute Gasteiger partial charge is 0.496 e. The van der Waals surface area contributed by atoms with E-state index in [-0.39, 0.29) is 11.6 Å². The van der Waals surface area contributed by atoms with Gasteiger partial charge in [0.2, 0.25) is 0 Å². The van der Waals surface area contributed by atoms with Crippen LogP contribution in [0.2, 0.25) is 0 Å². The molecule has 0 aliphatic heterocycles. The minimum atomic E-state index is -0.330. The Morgan fingerprint density at radius 2 is 1.75 bits per heavy atom. The Balaban J connectivity index is 3.31. The molecule has 3 heteroatoms. The van der Waals surface area contributed by atoms with Gasteiger partial charge < -0.3 is 15.2 Å². The lowest BCUT2D eigenvalue weighted by molar-refractivity contribution is -0.0649. The third kappa shape index (κ3) is 2.99. The van der Waals surface area contributed by atoms with Crippen LogP contribution < -0.4 is 10.5 Å². The van der Waals surface area contributed by atoms with E-state index in [1.807, 2.05) is 6.92 Å². The molecule has 20 heavy (non-hydrogen) atoms. The van der Waals surface area contributed by atoms with E-state index in [9.17, 15) is 0 Å². The van der Waals surface area contributed by atoms with Crippen molar-refractivity contribution in [1.82, 2.24) is 0 Å². The second-order valence-corrected chi connectivity index (χ2v) is 5.31. The lowest BCUT2D eigenvalue weighted by Gasteiger charge is -2.38. The van der Waals surface area contributed by atoms with Gasteiger partial charge in [0.15, 0.2) is 0 Å². The van der Waals surface area contributed by atoms with Gasteiger partial charge in [-0.1, -0.05) is 26.0 Å². The zero-order valence-electron chi connectivity index (χ0n) is 13.7. The minimum absolute atomic E-state index is 0.188. The zero-order valence-corrected chi connectivity index (χ0v) is 13.7. The first-order valence-corrected chi connectivity index (χ1v) is 7.50. The Hall–Kier alpha value is -1.06. The van der Waals surface area contributed by atoms with E-state index >= 15 is 0 Å². The van der Waals surface area contributed by atoms with Crippen molar-refractivity contribution < 1.29 is 9.47 Å². The number of hydrogen-bond donors (Lipinski definition) is 1. The summed E-state index contributed by atoms with van der Waals surface area (Å²) in [4.78, 5) is 0. The number of benzene rings is 1. The number of ether oxygens (including phenoxy) is 2. The van der Waals surface area contributed by atoms with Crippen LogP contribution in [-0.4, -0.2) is 19.3 Å². The Morgan fingerprint density at radius 3 is 2.20 bits per heavy atom. The summed E-state index contributed by atoms with van der Waals surface area (Å²) < 4.78 is 11.6. The molecule has 0 saturated heterocycles. The predicted molar refractivity (Wildman–Crippen MR) is 84.3 cm³/mol. The highest BCUT2D eigenvalue weighted by Gasteiger charge is 2.36. The van der Waals surface area contributed by atoms with Crippen LogP contribution in [0.25, 0.3) is 0 Å². The maximum atomic E-state index is 6.57. The molecule has 1 unspecified atom stereocenters. The van der Waals surface area contributed by atoms with Crippen molar-refractivity contribution in [2.24, 2.45) is 5.73 Å². The molecule has 0 fully saturated rings. The quantitative estimate of drug-likeness (QED) is 0.823. The van der Waals surface area contributed by atoms with Gasteiger partial charge in [0.05, 0.1) is 18.8 Å². The van der Waals surface area contributed by atoms with E-state index in [2.05, 4.69) is 39.8 Å². The fourth-order valence-corrected chi connectivity index (χ4v) is 2.88. The van der Waals surface area contributed by atoms with Crippen LogP contribution in [0.4, 0.5) is 0 Å². The molecule has 1 aromatic rings. The highest BCUT2D eigenvalue weighted by Crippen LogP contribution is 2.39. The van der Waals surface area contributed by atoms with E-state index in [0.717, 1.165) is 29.7 Å². The molecule has 2 N–H and O–H groups in total. The Morgan fingerprint density at radius 1 is 1.15 bits per heavy atom. The summed E-state index contributed by atoms with van der Waals surface area (Å²) in [6, 6.07) is 3.99. The van der Waals surface area contributed by atoms with Crippen LogP contribution in [0.3, 0.4) is 0 Å². The second-order valence-electron chi connectivity index (χ2n) is 5.31. The molecule has 0 aliphatic carbocycles. The zero-order chi connectivity index (χ0) is 15.3. The molecular formula is C17H29NO2. The smallest absolute Gasteiger partial charge is 0.126 e. The van der Waals surface area contributed by atoms with E-state index in [1.165, 1.54) is 5.56 Å². The molecule has 0 saturated carbocycles. The number of rotatable bonds is 7. The molecule has 0 spiro atoms. The monoisotopic (exact) mass is 279 g/mol. The van der Waals surface area contributed by atoms with E-state index in [4.69, 9.17) is 15.2 Å². The predicted octanol–water partition coefficient (Wildman–Crippen LogP) is 3.91. The second kappa shape index (κ2) is 7.09. The van der Waals surface area contributed by atoms with Crippen molar-refractivity contribution in [3.05, 3.63) is 28.8 Å². The maximum Gasteiger partial charge on any atom is 0.126 e. The molecule has 0 aromatic heterocycles. The van der Waals surface area contributed by atoms with Crippen molar-refractivity contribution in [2.75, 3.05) is 13.7 Å². The Bertz CT molecular complexity index is 439. The molecule has 3 nitrogen and oxygen atoms in total. The van der Waals surface area contributed by atoms with E-state index in [1.54, 1.807) is 7.11 Å². The molecule has 0 aliphatic rings. The summed E-state index contributed by atoms with van der Waals surface area (Å²) in [6.45, 7) is 11.1. The van der Waals surface area contributed by atoms with Gasteiger partial charge in [-0.3, -0.25) is 0 Å². The fourth-order valence-electron chi connectivity index (χ4n) is 2.88. The summed E-state index contributed by atoms with van der Waals surface area (Å²) in [5.74, 6) is 0.892. The Labute approximate surface area is 123 Å². The van der Waals surface area contributed by atoms with Crippen molar-refractivity contribution in [2.45, 2.75) is 59.1 Å². The van der Waals surface area contributed by atoms with Gasteiger partial charge in [-0.2, -0.15) is 0 Å². The molecule has 0 radical (unpaired) electrons. The first-order chi connectivity index (χ1) is 9.47. The topological polar surface area (TPSA) is 44.5 Å². The number of methoxy groups -OCH3 is 1. The van der Waals surface area contributed by atoms with Gasteiger partial charge in [-0.05, 0) is 44.7 Å². The first-order valence-electron chi connectivity index (χ1n) is 7.50. The van der Waals surface area contributed by atoms with Crippen LogP contribution in [0, 0.1) is 13.8 Å². The molecule has 0 amide bonds. The SMILES string of the molecule is CCOC(CC)(CC)C(N)c1ccc(C)c(C)c1OC. The lowest BCUT2D eigenvalue weighted by atomic mass is 9.83.